The van der Waals surface area contributed by atoms with Gasteiger partial charge in [0.2, 0.25) is 0 Å². The van der Waals surface area contributed by atoms with E-state index in [0.29, 0.717) is 17.7 Å². The van der Waals surface area contributed by atoms with E-state index in [1.165, 1.54) is 4.90 Å². The van der Waals surface area contributed by atoms with Crippen LogP contribution in [0.1, 0.15) is 30.9 Å². The fourth-order valence-electron chi connectivity index (χ4n) is 2.86. The second kappa shape index (κ2) is 7.67. The maximum absolute atomic E-state index is 13.0. The number of benzene rings is 2. The van der Waals surface area contributed by atoms with Gasteiger partial charge in [0.25, 0.3) is 11.8 Å². The summed E-state index contributed by atoms with van der Waals surface area (Å²) in [5, 5.41) is 0. The maximum atomic E-state index is 13.0. The average Bonchev–Trinajstić information content (AvgIpc) is 2.85. The lowest BCUT2D eigenvalue weighted by Gasteiger charge is -2.14. The molecular formula is C20H17Br2NO2. The Morgan fingerprint density at radius 1 is 0.760 bits per heavy atom. The molecule has 25 heavy (non-hydrogen) atoms. The van der Waals surface area contributed by atoms with E-state index in [-0.39, 0.29) is 11.8 Å². The first-order valence-corrected chi connectivity index (χ1v) is 9.74. The molecule has 0 saturated carbocycles. The van der Waals surface area contributed by atoms with Crippen LogP contribution in [0.15, 0.2) is 57.5 Å². The van der Waals surface area contributed by atoms with Gasteiger partial charge in [0.15, 0.2) is 0 Å². The first kappa shape index (κ1) is 18.1. The van der Waals surface area contributed by atoms with Gasteiger partial charge in [0, 0.05) is 15.5 Å². The summed E-state index contributed by atoms with van der Waals surface area (Å²) in [5.74, 6) is -0.419. The third-order valence-corrected chi connectivity index (χ3v) is 5.23. The van der Waals surface area contributed by atoms with E-state index in [9.17, 15) is 9.59 Å². The van der Waals surface area contributed by atoms with Crippen LogP contribution in [0.4, 0.5) is 0 Å². The van der Waals surface area contributed by atoms with Gasteiger partial charge >= 0.3 is 0 Å². The molecule has 2 amide bonds. The molecule has 0 unspecified atom stereocenters. The van der Waals surface area contributed by atoms with Gasteiger partial charge in [0.05, 0.1) is 11.1 Å². The van der Waals surface area contributed by atoms with Crippen molar-refractivity contribution in [2.24, 2.45) is 0 Å². The normalized spacial score (nSPS) is 14.6. The van der Waals surface area contributed by atoms with E-state index in [0.717, 1.165) is 32.9 Å². The SMILES string of the molecule is CCCCN1C(=O)C(c2ccc(Br)cc2)=C(c2ccc(Br)cc2)C1=O. The first-order valence-electron chi connectivity index (χ1n) is 8.15. The molecular weight excluding hydrogens is 446 g/mol. The number of unbranched alkanes of at least 4 members (excludes halogenated alkanes) is 1. The van der Waals surface area contributed by atoms with Crippen molar-refractivity contribution < 1.29 is 9.59 Å². The van der Waals surface area contributed by atoms with Crippen LogP contribution in [0.25, 0.3) is 11.1 Å². The van der Waals surface area contributed by atoms with Crippen molar-refractivity contribution in [3.63, 3.8) is 0 Å². The Labute approximate surface area is 164 Å². The second-order valence-corrected chi connectivity index (χ2v) is 7.71. The highest BCUT2D eigenvalue weighted by Crippen LogP contribution is 2.36. The van der Waals surface area contributed by atoms with Crippen LogP contribution in [0, 0.1) is 0 Å². The van der Waals surface area contributed by atoms with Gasteiger partial charge in [-0.15, -0.1) is 0 Å². The molecule has 0 atom stereocenters. The minimum atomic E-state index is -0.210. The number of hydrogen-bond acceptors (Lipinski definition) is 2. The van der Waals surface area contributed by atoms with Crippen LogP contribution < -0.4 is 0 Å². The molecule has 0 bridgehead atoms. The number of hydrogen-bond donors (Lipinski definition) is 0. The Balaban J connectivity index is 2.13. The number of imide groups is 1. The highest BCUT2D eigenvalue weighted by molar-refractivity contribution is 9.10. The average molecular weight is 463 g/mol. The highest BCUT2D eigenvalue weighted by Gasteiger charge is 2.38. The summed E-state index contributed by atoms with van der Waals surface area (Å²) in [4.78, 5) is 27.3. The van der Waals surface area contributed by atoms with Crippen molar-refractivity contribution in [1.82, 2.24) is 4.90 Å². The third-order valence-electron chi connectivity index (χ3n) is 4.17. The summed E-state index contributed by atoms with van der Waals surface area (Å²) in [7, 11) is 0. The maximum Gasteiger partial charge on any atom is 0.262 e. The minimum absolute atomic E-state index is 0.210. The molecule has 0 spiro atoms. The molecule has 0 radical (unpaired) electrons. The highest BCUT2D eigenvalue weighted by atomic mass is 79.9. The number of carbonyl (C=O) groups is 2. The lowest BCUT2D eigenvalue weighted by Crippen LogP contribution is -2.32. The van der Waals surface area contributed by atoms with E-state index >= 15 is 0 Å². The van der Waals surface area contributed by atoms with Crippen LogP contribution in [-0.2, 0) is 9.59 Å². The summed E-state index contributed by atoms with van der Waals surface area (Å²) in [6.45, 7) is 2.50. The van der Waals surface area contributed by atoms with Gasteiger partial charge in [-0.1, -0.05) is 69.5 Å². The van der Waals surface area contributed by atoms with Crippen LogP contribution in [0.5, 0.6) is 0 Å². The summed E-state index contributed by atoms with van der Waals surface area (Å²) < 4.78 is 1.86. The van der Waals surface area contributed by atoms with Gasteiger partial charge in [-0.25, -0.2) is 0 Å². The van der Waals surface area contributed by atoms with E-state index < -0.39 is 0 Å². The smallest absolute Gasteiger partial charge is 0.262 e. The van der Waals surface area contributed by atoms with Gasteiger partial charge in [-0.3, -0.25) is 14.5 Å². The fraction of sp³-hybridized carbons (Fsp3) is 0.200. The molecule has 0 N–H and O–H groups in total. The van der Waals surface area contributed by atoms with Crippen molar-refractivity contribution >= 4 is 54.8 Å². The minimum Gasteiger partial charge on any atom is -0.274 e. The van der Waals surface area contributed by atoms with Crippen molar-refractivity contribution in [3.8, 4) is 0 Å². The molecule has 3 rings (SSSR count). The number of rotatable bonds is 5. The van der Waals surface area contributed by atoms with Crippen LogP contribution in [-0.4, -0.2) is 23.3 Å². The Morgan fingerprint density at radius 2 is 1.16 bits per heavy atom. The predicted molar refractivity (Wildman–Crippen MR) is 107 cm³/mol. The van der Waals surface area contributed by atoms with Gasteiger partial charge < -0.3 is 0 Å². The summed E-state index contributed by atoms with van der Waals surface area (Å²) in [6, 6.07) is 15.0. The lowest BCUT2D eigenvalue weighted by molar-refractivity contribution is -0.136. The number of halogens is 2. The Bertz CT molecular complexity index is 772. The Hall–Kier alpha value is -1.72. The Kier molecular flexibility index (Phi) is 5.54. The molecule has 0 aromatic heterocycles. The summed E-state index contributed by atoms with van der Waals surface area (Å²) in [6.07, 6.45) is 1.73. The zero-order valence-corrected chi connectivity index (χ0v) is 16.9. The molecule has 128 valence electrons. The summed E-state index contributed by atoms with van der Waals surface area (Å²) >= 11 is 6.82. The molecule has 5 heteroatoms. The Morgan fingerprint density at radius 3 is 1.52 bits per heavy atom. The molecule has 0 aliphatic carbocycles. The number of carbonyl (C=O) groups excluding carboxylic acids is 2. The third kappa shape index (κ3) is 3.62. The van der Waals surface area contributed by atoms with Gasteiger partial charge in [-0.2, -0.15) is 0 Å². The number of nitrogens with zero attached hydrogens (tertiary/aromatic N) is 1. The molecule has 2 aromatic carbocycles. The lowest BCUT2D eigenvalue weighted by atomic mass is 9.96. The topological polar surface area (TPSA) is 37.4 Å². The molecule has 1 heterocycles. The van der Waals surface area contributed by atoms with Crippen molar-refractivity contribution in [2.75, 3.05) is 6.54 Å². The largest absolute Gasteiger partial charge is 0.274 e. The van der Waals surface area contributed by atoms with Crippen LogP contribution in [0.2, 0.25) is 0 Å². The number of amides is 2. The summed E-state index contributed by atoms with van der Waals surface area (Å²) in [5.41, 5.74) is 2.49. The molecule has 3 nitrogen and oxygen atoms in total. The first-order chi connectivity index (χ1) is 12.0. The van der Waals surface area contributed by atoms with Crippen molar-refractivity contribution in [2.45, 2.75) is 19.8 Å². The zero-order chi connectivity index (χ0) is 18.0. The molecule has 1 aliphatic rings. The second-order valence-electron chi connectivity index (χ2n) is 5.88. The monoisotopic (exact) mass is 461 g/mol. The molecule has 0 saturated heterocycles. The van der Waals surface area contributed by atoms with Gasteiger partial charge in [0.1, 0.15) is 0 Å². The van der Waals surface area contributed by atoms with Crippen molar-refractivity contribution in [1.29, 1.82) is 0 Å². The molecule has 2 aromatic rings. The van der Waals surface area contributed by atoms with E-state index in [1.807, 2.05) is 55.5 Å². The molecule has 1 aliphatic heterocycles. The van der Waals surface area contributed by atoms with Crippen LogP contribution in [0.3, 0.4) is 0 Å². The van der Waals surface area contributed by atoms with Crippen molar-refractivity contribution in [3.05, 3.63) is 68.6 Å². The molecule has 0 fully saturated rings. The zero-order valence-electron chi connectivity index (χ0n) is 13.8. The van der Waals surface area contributed by atoms with E-state index in [4.69, 9.17) is 0 Å². The van der Waals surface area contributed by atoms with Crippen LogP contribution >= 0.6 is 31.9 Å². The fourth-order valence-corrected chi connectivity index (χ4v) is 3.39. The quantitative estimate of drug-likeness (QED) is 0.566. The predicted octanol–water partition coefficient (Wildman–Crippen LogP) is 5.29. The van der Waals surface area contributed by atoms with Gasteiger partial charge in [-0.05, 0) is 41.8 Å². The van der Waals surface area contributed by atoms with E-state index in [2.05, 4.69) is 31.9 Å². The standard InChI is InChI=1S/C20H17Br2NO2/c1-2-3-12-23-19(24)17(13-4-8-15(21)9-5-13)18(20(23)25)14-6-10-16(22)11-7-14/h4-11H,2-3,12H2,1H3. The van der Waals surface area contributed by atoms with E-state index in [1.54, 1.807) is 0 Å².